The summed E-state index contributed by atoms with van der Waals surface area (Å²) in [6.07, 6.45) is 0. The molecule has 0 saturated carbocycles. The largest absolute Gasteiger partial charge is 0.331 e. The molecule has 0 aliphatic carbocycles. The number of urea groups is 1. The van der Waals surface area contributed by atoms with Crippen LogP contribution in [0.15, 0.2) is 42.5 Å². The maximum atomic E-state index is 13.3. The predicted molar refractivity (Wildman–Crippen MR) is 109 cm³/mol. The number of halogens is 2. The number of imide groups is 1. The molecule has 1 saturated heterocycles. The summed E-state index contributed by atoms with van der Waals surface area (Å²) >= 11 is 12.1. The van der Waals surface area contributed by atoms with Crippen LogP contribution < -0.4 is 10.2 Å². The molecule has 2 atom stereocenters. The fraction of sp³-hybridized carbons (Fsp3) is 0.250. The number of carbonyl (C=O) groups is 2. The molecule has 0 spiro atoms. The zero-order valence-corrected chi connectivity index (χ0v) is 16.8. The maximum Gasteiger partial charge on any atom is 0.331 e. The van der Waals surface area contributed by atoms with Gasteiger partial charge in [-0.15, -0.1) is 0 Å². The van der Waals surface area contributed by atoms with Crippen LogP contribution in [-0.4, -0.2) is 43.5 Å². The Morgan fingerprint density at radius 2 is 1.75 bits per heavy atom. The molecule has 0 aromatic heterocycles. The summed E-state index contributed by atoms with van der Waals surface area (Å²) in [5.41, 5.74) is 1.73. The van der Waals surface area contributed by atoms with E-state index in [0.717, 1.165) is 10.5 Å². The topological polar surface area (TPSA) is 76.4 Å². The minimum atomic E-state index is -0.703. The fourth-order valence-electron chi connectivity index (χ4n) is 3.45. The van der Waals surface area contributed by atoms with Crippen molar-refractivity contribution in [3.8, 4) is 6.07 Å². The van der Waals surface area contributed by atoms with Crippen LogP contribution in [0.1, 0.15) is 17.0 Å². The van der Waals surface area contributed by atoms with Crippen LogP contribution in [-0.2, 0) is 4.79 Å². The van der Waals surface area contributed by atoms with Crippen LogP contribution in [0.25, 0.3) is 0 Å². The molecule has 1 N–H and O–H groups in total. The SMILES string of the molecule is CNCC(c1ccc(C#N)cc1)C1C(=O)N(c2cc(Cl)cc(Cl)c2)C(=O)N1C. The fourth-order valence-corrected chi connectivity index (χ4v) is 3.97. The van der Waals surface area contributed by atoms with Crippen molar-refractivity contribution in [1.82, 2.24) is 10.2 Å². The van der Waals surface area contributed by atoms with Gasteiger partial charge < -0.3 is 10.2 Å². The highest BCUT2D eigenvalue weighted by Gasteiger charge is 2.48. The van der Waals surface area contributed by atoms with Gasteiger partial charge in [-0.25, -0.2) is 9.69 Å². The quantitative estimate of drug-likeness (QED) is 0.754. The Balaban J connectivity index is 2.00. The summed E-state index contributed by atoms with van der Waals surface area (Å²) in [7, 11) is 3.38. The van der Waals surface area contributed by atoms with E-state index in [1.54, 1.807) is 32.3 Å². The number of nitrogens with zero attached hydrogens (tertiary/aromatic N) is 3. The number of carbonyl (C=O) groups excluding carboxylic acids is 2. The van der Waals surface area contributed by atoms with Gasteiger partial charge in [0.25, 0.3) is 5.91 Å². The van der Waals surface area contributed by atoms with Crippen LogP contribution in [0.2, 0.25) is 10.0 Å². The van der Waals surface area contributed by atoms with E-state index < -0.39 is 12.1 Å². The predicted octanol–water partition coefficient (Wildman–Crippen LogP) is 3.64. The van der Waals surface area contributed by atoms with Crippen molar-refractivity contribution in [2.24, 2.45) is 0 Å². The van der Waals surface area contributed by atoms with Crippen molar-refractivity contribution in [2.45, 2.75) is 12.0 Å². The van der Waals surface area contributed by atoms with Crippen LogP contribution in [0, 0.1) is 11.3 Å². The number of nitrogens with one attached hydrogen (secondary N) is 1. The molecule has 0 radical (unpaired) electrons. The van der Waals surface area contributed by atoms with Gasteiger partial charge in [-0.1, -0.05) is 35.3 Å². The molecule has 2 aromatic rings. The van der Waals surface area contributed by atoms with Crippen molar-refractivity contribution >= 4 is 40.8 Å². The highest BCUT2D eigenvalue weighted by atomic mass is 35.5. The highest BCUT2D eigenvalue weighted by Crippen LogP contribution is 2.34. The Kier molecular flexibility index (Phi) is 5.90. The van der Waals surface area contributed by atoms with E-state index in [9.17, 15) is 9.59 Å². The lowest BCUT2D eigenvalue weighted by molar-refractivity contribution is -0.120. The van der Waals surface area contributed by atoms with Gasteiger partial charge in [0.15, 0.2) is 0 Å². The lowest BCUT2D eigenvalue weighted by Gasteiger charge is -2.26. The molecular weight excluding hydrogens is 399 g/mol. The molecule has 3 rings (SSSR count). The molecule has 1 aliphatic heterocycles. The third kappa shape index (κ3) is 3.69. The number of likely N-dealkylation sites (N-methyl/N-ethyl adjacent to an activating group) is 2. The normalized spacial score (nSPS) is 17.8. The summed E-state index contributed by atoms with van der Waals surface area (Å²) in [6, 6.07) is 12.6. The number of hydrogen-bond acceptors (Lipinski definition) is 4. The summed E-state index contributed by atoms with van der Waals surface area (Å²) in [5, 5.41) is 12.8. The molecule has 1 heterocycles. The van der Waals surface area contributed by atoms with Gasteiger partial charge in [-0.2, -0.15) is 5.26 Å². The monoisotopic (exact) mass is 416 g/mol. The third-order valence-electron chi connectivity index (χ3n) is 4.76. The van der Waals surface area contributed by atoms with Gasteiger partial charge in [0, 0.05) is 29.6 Å². The molecule has 28 heavy (non-hydrogen) atoms. The number of nitriles is 1. The number of anilines is 1. The molecule has 8 heteroatoms. The zero-order valence-electron chi connectivity index (χ0n) is 15.3. The maximum absolute atomic E-state index is 13.3. The second-order valence-corrected chi connectivity index (χ2v) is 7.41. The Labute approximate surface area is 173 Å². The Morgan fingerprint density at radius 3 is 2.29 bits per heavy atom. The molecule has 1 aliphatic rings. The van der Waals surface area contributed by atoms with Crippen LogP contribution in [0.4, 0.5) is 10.5 Å². The van der Waals surface area contributed by atoms with Crippen molar-refractivity contribution in [3.63, 3.8) is 0 Å². The van der Waals surface area contributed by atoms with Gasteiger partial charge in [0.1, 0.15) is 6.04 Å². The van der Waals surface area contributed by atoms with E-state index >= 15 is 0 Å². The minimum absolute atomic E-state index is 0.293. The Bertz CT molecular complexity index is 935. The van der Waals surface area contributed by atoms with E-state index in [-0.39, 0.29) is 11.8 Å². The van der Waals surface area contributed by atoms with Crippen LogP contribution in [0.3, 0.4) is 0 Å². The van der Waals surface area contributed by atoms with Gasteiger partial charge in [0.2, 0.25) is 0 Å². The first-order valence-electron chi connectivity index (χ1n) is 8.59. The van der Waals surface area contributed by atoms with Crippen molar-refractivity contribution in [1.29, 1.82) is 5.26 Å². The van der Waals surface area contributed by atoms with E-state index in [1.807, 2.05) is 12.1 Å². The highest BCUT2D eigenvalue weighted by molar-refractivity contribution is 6.35. The molecule has 2 unspecified atom stereocenters. The molecule has 6 nitrogen and oxygen atoms in total. The van der Waals surface area contributed by atoms with Crippen molar-refractivity contribution in [2.75, 3.05) is 25.5 Å². The number of amides is 3. The first kappa shape index (κ1) is 20.2. The van der Waals surface area contributed by atoms with E-state index in [0.29, 0.717) is 27.8 Å². The lowest BCUT2D eigenvalue weighted by atomic mass is 9.90. The molecular formula is C20H18Cl2N4O2. The van der Waals surface area contributed by atoms with Gasteiger partial charge in [-0.3, -0.25) is 4.79 Å². The van der Waals surface area contributed by atoms with Gasteiger partial charge in [-0.05, 0) is 42.9 Å². The van der Waals surface area contributed by atoms with Gasteiger partial charge >= 0.3 is 6.03 Å². The van der Waals surface area contributed by atoms with Crippen molar-refractivity contribution < 1.29 is 9.59 Å². The third-order valence-corrected chi connectivity index (χ3v) is 5.20. The van der Waals surface area contributed by atoms with E-state index in [4.69, 9.17) is 28.5 Å². The Hall–Kier alpha value is -2.59. The second kappa shape index (κ2) is 8.19. The zero-order chi connectivity index (χ0) is 20.4. The summed E-state index contributed by atoms with van der Waals surface area (Å²) in [6.45, 7) is 0.476. The lowest BCUT2D eigenvalue weighted by Crippen LogP contribution is -2.41. The van der Waals surface area contributed by atoms with Crippen LogP contribution in [0.5, 0.6) is 0 Å². The number of rotatable bonds is 5. The van der Waals surface area contributed by atoms with E-state index in [1.165, 1.54) is 17.0 Å². The first-order chi connectivity index (χ1) is 13.4. The average Bonchev–Trinajstić information content (AvgIpc) is 2.88. The standard InChI is InChI=1S/C20H18Cl2N4O2/c1-24-11-17(13-5-3-12(10-23)4-6-13)18-19(27)26(20(28)25(18)2)16-8-14(21)7-15(22)9-16/h3-9,17-18,24H,11H2,1-2H3. The minimum Gasteiger partial charge on any atom is -0.319 e. The molecule has 0 bridgehead atoms. The molecule has 3 amide bonds. The number of hydrogen-bond donors (Lipinski definition) is 1. The average molecular weight is 417 g/mol. The number of benzene rings is 2. The van der Waals surface area contributed by atoms with Crippen molar-refractivity contribution in [3.05, 3.63) is 63.6 Å². The van der Waals surface area contributed by atoms with Crippen LogP contribution >= 0.6 is 23.2 Å². The summed E-state index contributed by atoms with van der Waals surface area (Å²) in [5.74, 6) is -0.644. The molecule has 1 fully saturated rings. The first-order valence-corrected chi connectivity index (χ1v) is 9.34. The summed E-state index contributed by atoms with van der Waals surface area (Å²) < 4.78 is 0. The smallest absolute Gasteiger partial charge is 0.319 e. The second-order valence-electron chi connectivity index (χ2n) is 6.54. The molecule has 144 valence electrons. The summed E-state index contributed by atoms with van der Waals surface area (Å²) in [4.78, 5) is 28.7. The Morgan fingerprint density at radius 1 is 1.14 bits per heavy atom. The van der Waals surface area contributed by atoms with E-state index in [2.05, 4.69) is 11.4 Å². The molecule has 2 aromatic carbocycles. The van der Waals surface area contributed by atoms with Gasteiger partial charge in [0.05, 0.1) is 17.3 Å².